The molecule has 0 amide bonds. The number of hydrogen-bond acceptors (Lipinski definition) is 2. The summed E-state index contributed by atoms with van der Waals surface area (Å²) in [6.07, 6.45) is 0.00157. The van der Waals surface area contributed by atoms with E-state index in [9.17, 15) is 0 Å². The molecule has 0 fully saturated rings. The van der Waals surface area contributed by atoms with Crippen LogP contribution in [0.2, 0.25) is 0 Å². The highest BCUT2D eigenvalue weighted by Gasteiger charge is 2.24. The molecule has 2 unspecified atom stereocenters. The topological polar surface area (TPSA) is 21.3 Å². The lowest BCUT2D eigenvalue weighted by molar-refractivity contribution is 0.0700. The van der Waals surface area contributed by atoms with E-state index in [1.165, 1.54) is 22.3 Å². The maximum absolute atomic E-state index is 5.78. The van der Waals surface area contributed by atoms with Crippen molar-refractivity contribution < 1.29 is 4.74 Å². The van der Waals surface area contributed by atoms with Crippen molar-refractivity contribution in [2.75, 3.05) is 14.2 Å². The van der Waals surface area contributed by atoms with Crippen LogP contribution in [-0.4, -0.2) is 14.2 Å². The molecular formula is C18H23NO. The van der Waals surface area contributed by atoms with E-state index in [2.05, 4.69) is 61.6 Å². The van der Waals surface area contributed by atoms with Crippen molar-refractivity contribution in [3.8, 4) is 0 Å². The molecule has 0 saturated heterocycles. The number of nitrogens with one attached hydrogen (secondary N) is 1. The van der Waals surface area contributed by atoms with Crippen molar-refractivity contribution in [3.05, 3.63) is 70.8 Å². The van der Waals surface area contributed by atoms with Gasteiger partial charge in [0.1, 0.15) is 6.10 Å². The highest BCUT2D eigenvalue weighted by atomic mass is 16.5. The summed E-state index contributed by atoms with van der Waals surface area (Å²) in [5.41, 5.74) is 5.04. The fourth-order valence-corrected chi connectivity index (χ4v) is 2.67. The Balaban J connectivity index is 2.42. The standard InChI is InChI=1S/C18H23NO/c1-13-10-11-14(2)16(12-13)17(19-3)18(20-4)15-8-6-5-7-9-15/h5-12,17-19H,1-4H3. The Morgan fingerprint density at radius 1 is 1.00 bits per heavy atom. The maximum Gasteiger partial charge on any atom is 0.102 e. The molecule has 1 N–H and O–H groups in total. The molecule has 0 heterocycles. The minimum absolute atomic E-state index is 0.00157. The second-order valence-electron chi connectivity index (χ2n) is 5.19. The first-order valence-corrected chi connectivity index (χ1v) is 6.99. The van der Waals surface area contributed by atoms with Gasteiger partial charge in [0, 0.05) is 7.11 Å². The smallest absolute Gasteiger partial charge is 0.102 e. The van der Waals surface area contributed by atoms with Crippen LogP contribution in [0.3, 0.4) is 0 Å². The van der Waals surface area contributed by atoms with Crippen molar-refractivity contribution in [1.82, 2.24) is 5.32 Å². The molecule has 2 aromatic rings. The van der Waals surface area contributed by atoms with Gasteiger partial charge < -0.3 is 10.1 Å². The molecule has 0 aliphatic carbocycles. The number of likely N-dealkylation sites (N-methyl/N-ethyl adjacent to an activating group) is 1. The fourth-order valence-electron chi connectivity index (χ4n) is 2.67. The van der Waals surface area contributed by atoms with Crippen LogP contribution in [0.15, 0.2) is 48.5 Å². The Labute approximate surface area is 121 Å². The lowest BCUT2D eigenvalue weighted by atomic mass is 9.91. The van der Waals surface area contributed by atoms with Gasteiger partial charge in [-0.15, -0.1) is 0 Å². The van der Waals surface area contributed by atoms with Crippen LogP contribution in [0.4, 0.5) is 0 Å². The zero-order valence-electron chi connectivity index (χ0n) is 12.7. The molecule has 0 saturated carbocycles. The zero-order chi connectivity index (χ0) is 14.5. The third kappa shape index (κ3) is 3.09. The predicted molar refractivity (Wildman–Crippen MR) is 83.9 cm³/mol. The summed E-state index contributed by atoms with van der Waals surface area (Å²) < 4.78 is 5.78. The molecule has 0 aromatic heterocycles. The van der Waals surface area contributed by atoms with Crippen molar-refractivity contribution >= 4 is 0 Å². The Hall–Kier alpha value is -1.64. The van der Waals surface area contributed by atoms with Crippen LogP contribution in [-0.2, 0) is 4.74 Å². The third-order valence-corrected chi connectivity index (χ3v) is 3.77. The van der Waals surface area contributed by atoms with Gasteiger partial charge in [-0.2, -0.15) is 0 Å². The van der Waals surface area contributed by atoms with E-state index in [-0.39, 0.29) is 12.1 Å². The quantitative estimate of drug-likeness (QED) is 0.887. The summed E-state index contributed by atoms with van der Waals surface area (Å²) in [7, 11) is 3.76. The number of aryl methyl sites for hydroxylation is 2. The average molecular weight is 269 g/mol. The Morgan fingerprint density at radius 3 is 2.30 bits per heavy atom. The van der Waals surface area contributed by atoms with E-state index < -0.39 is 0 Å². The average Bonchev–Trinajstić information content (AvgIpc) is 2.48. The summed E-state index contributed by atoms with van der Waals surface area (Å²) in [6.45, 7) is 4.27. The maximum atomic E-state index is 5.78. The van der Waals surface area contributed by atoms with E-state index in [0.29, 0.717) is 0 Å². The first kappa shape index (κ1) is 14.8. The van der Waals surface area contributed by atoms with Gasteiger partial charge in [0.15, 0.2) is 0 Å². The largest absolute Gasteiger partial charge is 0.375 e. The van der Waals surface area contributed by atoms with Gasteiger partial charge in [0.25, 0.3) is 0 Å². The van der Waals surface area contributed by atoms with Gasteiger partial charge in [-0.25, -0.2) is 0 Å². The van der Waals surface area contributed by atoms with Gasteiger partial charge in [0.2, 0.25) is 0 Å². The Kier molecular flexibility index (Phi) is 4.94. The van der Waals surface area contributed by atoms with Gasteiger partial charge in [-0.05, 0) is 37.6 Å². The van der Waals surface area contributed by atoms with Crippen molar-refractivity contribution in [2.24, 2.45) is 0 Å². The van der Waals surface area contributed by atoms with Gasteiger partial charge in [-0.3, -0.25) is 0 Å². The van der Waals surface area contributed by atoms with E-state index in [4.69, 9.17) is 4.74 Å². The van der Waals surface area contributed by atoms with Crippen LogP contribution >= 0.6 is 0 Å². The molecule has 2 aromatic carbocycles. The van der Waals surface area contributed by atoms with Crippen LogP contribution in [0.1, 0.15) is 34.4 Å². The van der Waals surface area contributed by atoms with E-state index in [1.807, 2.05) is 13.1 Å². The molecule has 0 spiro atoms. The normalized spacial score (nSPS) is 14.0. The van der Waals surface area contributed by atoms with Gasteiger partial charge >= 0.3 is 0 Å². The fraction of sp³-hybridized carbons (Fsp3) is 0.333. The Bertz CT molecular complexity index is 551. The molecule has 0 aliphatic rings. The van der Waals surface area contributed by atoms with Crippen LogP contribution in [0, 0.1) is 13.8 Å². The summed E-state index contributed by atoms with van der Waals surface area (Å²) in [5, 5.41) is 3.41. The van der Waals surface area contributed by atoms with Gasteiger partial charge in [-0.1, -0.05) is 54.1 Å². The molecule has 2 rings (SSSR count). The second-order valence-corrected chi connectivity index (χ2v) is 5.19. The SMILES string of the molecule is CNC(c1cc(C)ccc1C)C(OC)c1ccccc1. The summed E-state index contributed by atoms with van der Waals surface area (Å²) in [5.74, 6) is 0. The molecule has 2 heteroatoms. The molecule has 0 aliphatic heterocycles. The molecule has 0 radical (unpaired) electrons. The molecule has 106 valence electrons. The summed E-state index contributed by atoms with van der Waals surface area (Å²) in [4.78, 5) is 0. The number of hydrogen-bond donors (Lipinski definition) is 1. The van der Waals surface area contributed by atoms with E-state index in [0.717, 1.165) is 0 Å². The molecule has 0 bridgehead atoms. The van der Waals surface area contributed by atoms with Crippen LogP contribution < -0.4 is 5.32 Å². The summed E-state index contributed by atoms with van der Waals surface area (Å²) >= 11 is 0. The monoisotopic (exact) mass is 269 g/mol. The minimum Gasteiger partial charge on any atom is -0.375 e. The second kappa shape index (κ2) is 6.69. The van der Waals surface area contributed by atoms with Gasteiger partial charge in [0.05, 0.1) is 6.04 Å². The number of rotatable bonds is 5. The number of benzene rings is 2. The highest BCUT2D eigenvalue weighted by Crippen LogP contribution is 2.33. The predicted octanol–water partition coefficient (Wildman–Crippen LogP) is 3.95. The van der Waals surface area contributed by atoms with Crippen molar-refractivity contribution in [2.45, 2.75) is 26.0 Å². The highest BCUT2D eigenvalue weighted by molar-refractivity contribution is 5.35. The third-order valence-electron chi connectivity index (χ3n) is 3.77. The first-order chi connectivity index (χ1) is 9.67. The summed E-state index contributed by atoms with van der Waals surface area (Å²) in [6, 6.07) is 17.1. The lowest BCUT2D eigenvalue weighted by Gasteiger charge is -2.28. The number of ether oxygens (including phenoxy) is 1. The molecule has 2 atom stereocenters. The van der Waals surface area contributed by atoms with E-state index in [1.54, 1.807) is 7.11 Å². The molecule has 2 nitrogen and oxygen atoms in total. The number of methoxy groups -OCH3 is 1. The van der Waals surface area contributed by atoms with E-state index >= 15 is 0 Å². The molecular weight excluding hydrogens is 246 g/mol. The first-order valence-electron chi connectivity index (χ1n) is 6.99. The van der Waals surface area contributed by atoms with Crippen molar-refractivity contribution in [3.63, 3.8) is 0 Å². The lowest BCUT2D eigenvalue weighted by Crippen LogP contribution is -2.26. The minimum atomic E-state index is 0.00157. The van der Waals surface area contributed by atoms with Crippen molar-refractivity contribution in [1.29, 1.82) is 0 Å². The molecule has 20 heavy (non-hydrogen) atoms. The van der Waals surface area contributed by atoms with Crippen LogP contribution in [0.5, 0.6) is 0 Å². The zero-order valence-corrected chi connectivity index (χ0v) is 12.7. The van der Waals surface area contributed by atoms with Crippen LogP contribution in [0.25, 0.3) is 0 Å². The Morgan fingerprint density at radius 2 is 1.70 bits per heavy atom.